The summed E-state index contributed by atoms with van der Waals surface area (Å²) in [6, 6.07) is 19.3. The van der Waals surface area contributed by atoms with Crippen LogP contribution in [0.5, 0.6) is 0 Å². The zero-order valence-electron chi connectivity index (χ0n) is 11.0. The van der Waals surface area contributed by atoms with Gasteiger partial charge in [0, 0.05) is 12.6 Å². The summed E-state index contributed by atoms with van der Waals surface area (Å²) < 4.78 is 5.80. The minimum Gasteiger partial charge on any atom is -0.373 e. The minimum atomic E-state index is 0.161. The minimum absolute atomic E-state index is 0.161. The number of benzene rings is 2. The van der Waals surface area contributed by atoms with Crippen molar-refractivity contribution in [3.8, 4) is 11.1 Å². The fourth-order valence-electron chi connectivity index (χ4n) is 2.58. The van der Waals surface area contributed by atoms with Crippen molar-refractivity contribution in [1.29, 1.82) is 0 Å². The Kier molecular flexibility index (Phi) is 3.62. The molecule has 2 N–H and O–H groups in total. The summed E-state index contributed by atoms with van der Waals surface area (Å²) in [5.74, 6) is 0. The second kappa shape index (κ2) is 5.55. The Hall–Kier alpha value is -1.64. The van der Waals surface area contributed by atoms with Crippen LogP contribution in [0.2, 0.25) is 0 Å². The second-order valence-electron chi connectivity index (χ2n) is 5.13. The highest BCUT2D eigenvalue weighted by atomic mass is 16.5. The fourth-order valence-corrected chi connectivity index (χ4v) is 2.58. The van der Waals surface area contributed by atoms with Gasteiger partial charge in [-0.05, 0) is 29.5 Å². The van der Waals surface area contributed by atoms with Gasteiger partial charge in [-0.25, -0.2) is 0 Å². The molecule has 0 bridgehead atoms. The summed E-state index contributed by atoms with van der Waals surface area (Å²) >= 11 is 0. The molecule has 1 aliphatic rings. The molecule has 0 spiro atoms. The summed E-state index contributed by atoms with van der Waals surface area (Å²) in [7, 11) is 0. The summed E-state index contributed by atoms with van der Waals surface area (Å²) in [6.07, 6.45) is 2.05. The van der Waals surface area contributed by atoms with E-state index < -0.39 is 0 Å². The van der Waals surface area contributed by atoms with Gasteiger partial charge in [0.1, 0.15) is 0 Å². The molecule has 2 nitrogen and oxygen atoms in total. The molecule has 98 valence electrons. The van der Waals surface area contributed by atoms with Crippen LogP contribution in [0.15, 0.2) is 54.6 Å². The quantitative estimate of drug-likeness (QED) is 0.888. The molecule has 0 aromatic heterocycles. The van der Waals surface area contributed by atoms with Crippen molar-refractivity contribution in [2.75, 3.05) is 6.61 Å². The normalized spacial score (nSPS) is 23.2. The number of hydrogen-bond acceptors (Lipinski definition) is 2. The summed E-state index contributed by atoms with van der Waals surface area (Å²) in [5.41, 5.74) is 9.72. The molecule has 2 aromatic carbocycles. The Bertz CT molecular complexity index is 521. The van der Waals surface area contributed by atoms with Crippen LogP contribution in [-0.4, -0.2) is 12.6 Å². The SMILES string of the molecule is NC1CCOC(c2ccc(-c3ccccc3)cc2)C1. The smallest absolute Gasteiger partial charge is 0.0839 e. The van der Waals surface area contributed by atoms with Crippen molar-refractivity contribution < 1.29 is 4.74 Å². The van der Waals surface area contributed by atoms with E-state index in [4.69, 9.17) is 10.5 Å². The molecule has 1 saturated heterocycles. The average Bonchev–Trinajstić information content (AvgIpc) is 2.48. The van der Waals surface area contributed by atoms with Crippen LogP contribution in [0.3, 0.4) is 0 Å². The molecule has 19 heavy (non-hydrogen) atoms. The third kappa shape index (κ3) is 2.86. The largest absolute Gasteiger partial charge is 0.373 e. The topological polar surface area (TPSA) is 35.2 Å². The summed E-state index contributed by atoms with van der Waals surface area (Å²) in [5, 5.41) is 0. The fraction of sp³-hybridized carbons (Fsp3) is 0.294. The standard InChI is InChI=1S/C17H19NO/c18-16-10-11-19-17(12-16)15-8-6-14(7-9-15)13-4-2-1-3-5-13/h1-9,16-17H,10-12,18H2. The van der Waals surface area contributed by atoms with E-state index in [0.717, 1.165) is 19.4 Å². The van der Waals surface area contributed by atoms with E-state index >= 15 is 0 Å². The van der Waals surface area contributed by atoms with E-state index in [1.54, 1.807) is 0 Å². The van der Waals surface area contributed by atoms with Gasteiger partial charge in [0.25, 0.3) is 0 Å². The Morgan fingerprint density at radius 3 is 2.26 bits per heavy atom. The van der Waals surface area contributed by atoms with Crippen molar-refractivity contribution >= 4 is 0 Å². The molecule has 1 aliphatic heterocycles. The maximum absolute atomic E-state index is 6.00. The van der Waals surface area contributed by atoms with Gasteiger partial charge in [-0.3, -0.25) is 0 Å². The molecule has 1 fully saturated rings. The van der Waals surface area contributed by atoms with E-state index in [1.807, 2.05) is 6.07 Å². The van der Waals surface area contributed by atoms with Crippen molar-refractivity contribution in [2.24, 2.45) is 5.73 Å². The van der Waals surface area contributed by atoms with Gasteiger partial charge < -0.3 is 10.5 Å². The van der Waals surface area contributed by atoms with Gasteiger partial charge in [-0.2, -0.15) is 0 Å². The number of hydrogen-bond donors (Lipinski definition) is 1. The molecular weight excluding hydrogens is 234 g/mol. The van der Waals surface area contributed by atoms with Crippen LogP contribution in [0, 0.1) is 0 Å². The predicted molar refractivity (Wildman–Crippen MR) is 77.8 cm³/mol. The summed E-state index contributed by atoms with van der Waals surface area (Å²) in [6.45, 7) is 0.770. The molecular formula is C17H19NO. The van der Waals surface area contributed by atoms with Crippen LogP contribution < -0.4 is 5.73 Å². The molecule has 2 atom stereocenters. The molecule has 3 rings (SSSR count). The lowest BCUT2D eigenvalue weighted by Crippen LogP contribution is -2.30. The molecule has 1 heterocycles. The van der Waals surface area contributed by atoms with Crippen molar-refractivity contribution in [1.82, 2.24) is 0 Å². The Morgan fingerprint density at radius 1 is 0.895 bits per heavy atom. The van der Waals surface area contributed by atoms with Crippen LogP contribution in [0.1, 0.15) is 24.5 Å². The van der Waals surface area contributed by atoms with Crippen LogP contribution in [0.25, 0.3) is 11.1 Å². The van der Waals surface area contributed by atoms with E-state index in [-0.39, 0.29) is 12.1 Å². The maximum atomic E-state index is 6.00. The van der Waals surface area contributed by atoms with Crippen molar-refractivity contribution in [3.63, 3.8) is 0 Å². The number of ether oxygens (including phenoxy) is 1. The first-order valence-electron chi connectivity index (χ1n) is 6.85. The Morgan fingerprint density at radius 2 is 1.58 bits per heavy atom. The van der Waals surface area contributed by atoms with Gasteiger partial charge in [-0.15, -0.1) is 0 Å². The lowest BCUT2D eigenvalue weighted by Gasteiger charge is -2.27. The van der Waals surface area contributed by atoms with Gasteiger partial charge in [0.05, 0.1) is 6.10 Å². The molecule has 2 aromatic rings. The van der Waals surface area contributed by atoms with E-state index in [0.29, 0.717) is 0 Å². The van der Waals surface area contributed by atoms with Crippen molar-refractivity contribution in [2.45, 2.75) is 25.0 Å². The lowest BCUT2D eigenvalue weighted by molar-refractivity contribution is 0.00668. The molecule has 0 radical (unpaired) electrons. The van der Waals surface area contributed by atoms with Crippen molar-refractivity contribution in [3.05, 3.63) is 60.2 Å². The molecule has 0 saturated carbocycles. The highest BCUT2D eigenvalue weighted by molar-refractivity contribution is 5.63. The van der Waals surface area contributed by atoms with Gasteiger partial charge >= 0.3 is 0 Å². The number of nitrogens with two attached hydrogens (primary N) is 1. The Balaban J connectivity index is 1.79. The van der Waals surface area contributed by atoms with Crippen LogP contribution >= 0.6 is 0 Å². The molecule has 2 unspecified atom stereocenters. The molecule has 0 aliphatic carbocycles. The predicted octanol–water partition coefficient (Wildman–Crippen LogP) is 3.53. The molecule has 2 heteroatoms. The molecule has 0 amide bonds. The average molecular weight is 253 g/mol. The third-order valence-corrected chi connectivity index (χ3v) is 3.71. The first-order chi connectivity index (χ1) is 9.33. The Labute approximate surface area is 114 Å². The van der Waals surface area contributed by atoms with Crippen LogP contribution in [0.4, 0.5) is 0 Å². The highest BCUT2D eigenvalue weighted by Crippen LogP contribution is 2.29. The highest BCUT2D eigenvalue weighted by Gasteiger charge is 2.21. The van der Waals surface area contributed by atoms with Gasteiger partial charge in [-0.1, -0.05) is 54.6 Å². The number of rotatable bonds is 2. The van der Waals surface area contributed by atoms with E-state index in [1.165, 1.54) is 16.7 Å². The monoisotopic (exact) mass is 253 g/mol. The maximum Gasteiger partial charge on any atom is 0.0839 e. The lowest BCUT2D eigenvalue weighted by atomic mass is 9.96. The third-order valence-electron chi connectivity index (χ3n) is 3.71. The van der Waals surface area contributed by atoms with E-state index in [2.05, 4.69) is 48.5 Å². The first kappa shape index (κ1) is 12.4. The second-order valence-corrected chi connectivity index (χ2v) is 5.13. The first-order valence-corrected chi connectivity index (χ1v) is 6.85. The zero-order valence-corrected chi connectivity index (χ0v) is 11.0. The van der Waals surface area contributed by atoms with E-state index in [9.17, 15) is 0 Å². The zero-order chi connectivity index (χ0) is 13.1. The van der Waals surface area contributed by atoms with Gasteiger partial charge in [0.2, 0.25) is 0 Å². The summed E-state index contributed by atoms with van der Waals surface area (Å²) in [4.78, 5) is 0. The van der Waals surface area contributed by atoms with Gasteiger partial charge in [0.15, 0.2) is 0 Å². The van der Waals surface area contributed by atoms with Crippen LogP contribution in [-0.2, 0) is 4.74 Å².